The number of carbonyl (C=O) groups excluding carboxylic acids is 2. The first kappa shape index (κ1) is 23.7. The average Bonchev–Trinajstić information content (AvgIpc) is 2.80. The second-order valence-corrected chi connectivity index (χ2v) is 8.18. The summed E-state index contributed by atoms with van der Waals surface area (Å²) in [4.78, 5) is 29.1. The number of halogens is 2. The van der Waals surface area contributed by atoms with Crippen LogP contribution >= 0.6 is 35.0 Å². The maximum Gasteiger partial charge on any atom is 0.326 e. The van der Waals surface area contributed by atoms with Crippen LogP contribution in [0.25, 0.3) is 0 Å². The predicted octanol–water partition coefficient (Wildman–Crippen LogP) is 5.66. The SMILES string of the molecule is COc1cccc(OC)c1C(=O)NC(=O)Nc1ccc(SCc2ccc(Cl)c(Cl)c2)nc1. The first-order chi connectivity index (χ1) is 15.4. The Hall–Kier alpha value is -2.94. The van der Waals surface area contributed by atoms with Crippen molar-refractivity contribution >= 4 is 52.6 Å². The first-order valence-corrected chi connectivity index (χ1v) is 11.0. The molecule has 0 spiro atoms. The molecule has 0 aliphatic rings. The summed E-state index contributed by atoms with van der Waals surface area (Å²) in [5.74, 6) is 0.588. The van der Waals surface area contributed by atoms with Crippen LogP contribution < -0.4 is 20.1 Å². The number of hydrogen-bond donors (Lipinski definition) is 2. The quantitative estimate of drug-likeness (QED) is 0.414. The van der Waals surface area contributed by atoms with Crippen molar-refractivity contribution in [3.8, 4) is 11.5 Å². The second-order valence-electron chi connectivity index (χ2n) is 6.37. The van der Waals surface area contributed by atoms with E-state index in [4.69, 9.17) is 32.7 Å². The zero-order chi connectivity index (χ0) is 23.1. The monoisotopic (exact) mass is 491 g/mol. The van der Waals surface area contributed by atoms with E-state index >= 15 is 0 Å². The number of aromatic nitrogens is 1. The molecule has 0 fully saturated rings. The third-order valence-electron chi connectivity index (χ3n) is 4.25. The van der Waals surface area contributed by atoms with Crippen molar-refractivity contribution in [1.82, 2.24) is 10.3 Å². The van der Waals surface area contributed by atoms with E-state index in [0.29, 0.717) is 33.0 Å². The van der Waals surface area contributed by atoms with Crippen LogP contribution in [0, 0.1) is 0 Å². The van der Waals surface area contributed by atoms with E-state index in [9.17, 15) is 9.59 Å². The number of nitrogens with one attached hydrogen (secondary N) is 2. The van der Waals surface area contributed by atoms with E-state index in [0.717, 1.165) is 10.6 Å². The summed E-state index contributed by atoms with van der Waals surface area (Å²) < 4.78 is 10.4. The van der Waals surface area contributed by atoms with E-state index in [2.05, 4.69) is 15.6 Å². The van der Waals surface area contributed by atoms with Gasteiger partial charge in [-0.25, -0.2) is 9.78 Å². The number of benzene rings is 2. The number of amides is 3. The average molecular weight is 492 g/mol. The maximum atomic E-state index is 12.6. The van der Waals surface area contributed by atoms with Crippen molar-refractivity contribution in [2.45, 2.75) is 10.8 Å². The molecule has 0 bridgehead atoms. The van der Waals surface area contributed by atoms with Crippen molar-refractivity contribution in [3.63, 3.8) is 0 Å². The second kappa shape index (κ2) is 11.1. The van der Waals surface area contributed by atoms with Gasteiger partial charge in [-0.05, 0) is 42.0 Å². The molecule has 2 N–H and O–H groups in total. The normalized spacial score (nSPS) is 10.4. The van der Waals surface area contributed by atoms with E-state index in [1.165, 1.54) is 32.2 Å². The number of hydrogen-bond acceptors (Lipinski definition) is 6. The zero-order valence-corrected chi connectivity index (χ0v) is 19.5. The Morgan fingerprint density at radius 3 is 2.31 bits per heavy atom. The van der Waals surface area contributed by atoms with Gasteiger partial charge in [0.2, 0.25) is 0 Å². The molecule has 0 saturated heterocycles. The molecule has 3 amide bonds. The lowest BCUT2D eigenvalue weighted by Gasteiger charge is -2.13. The van der Waals surface area contributed by atoms with Crippen LogP contribution in [0.15, 0.2) is 59.8 Å². The van der Waals surface area contributed by atoms with Crippen LogP contribution in [-0.2, 0) is 5.75 Å². The number of ether oxygens (including phenoxy) is 2. The Morgan fingerprint density at radius 2 is 1.72 bits per heavy atom. The molecule has 1 aromatic heterocycles. The Labute approximate surface area is 199 Å². The number of rotatable bonds is 7. The number of anilines is 1. The predicted molar refractivity (Wildman–Crippen MR) is 126 cm³/mol. The summed E-state index contributed by atoms with van der Waals surface area (Å²) >= 11 is 13.5. The molecular weight excluding hydrogens is 473 g/mol. The van der Waals surface area contributed by atoms with Crippen molar-refractivity contribution < 1.29 is 19.1 Å². The van der Waals surface area contributed by atoms with Gasteiger partial charge in [0.05, 0.1) is 41.2 Å². The lowest BCUT2D eigenvalue weighted by Crippen LogP contribution is -2.34. The topological polar surface area (TPSA) is 89.5 Å². The number of methoxy groups -OCH3 is 2. The molecule has 32 heavy (non-hydrogen) atoms. The summed E-state index contributed by atoms with van der Waals surface area (Å²) in [5.41, 5.74) is 1.57. The number of imide groups is 1. The van der Waals surface area contributed by atoms with Gasteiger partial charge in [-0.1, -0.05) is 35.3 Å². The maximum absolute atomic E-state index is 12.6. The van der Waals surface area contributed by atoms with Crippen LogP contribution in [0.3, 0.4) is 0 Å². The molecule has 2 aromatic carbocycles. The van der Waals surface area contributed by atoms with Crippen LogP contribution in [0.4, 0.5) is 10.5 Å². The van der Waals surface area contributed by atoms with Crippen molar-refractivity contribution in [2.24, 2.45) is 0 Å². The minimum absolute atomic E-state index is 0.125. The van der Waals surface area contributed by atoms with Gasteiger partial charge in [0.25, 0.3) is 5.91 Å². The Morgan fingerprint density at radius 1 is 1.00 bits per heavy atom. The highest BCUT2D eigenvalue weighted by atomic mass is 35.5. The fraction of sp³-hybridized carbons (Fsp3) is 0.136. The van der Waals surface area contributed by atoms with Crippen LogP contribution in [-0.4, -0.2) is 31.1 Å². The summed E-state index contributed by atoms with van der Waals surface area (Å²) in [7, 11) is 2.86. The number of carbonyl (C=O) groups is 2. The largest absolute Gasteiger partial charge is 0.496 e. The molecule has 0 saturated carbocycles. The molecule has 7 nitrogen and oxygen atoms in total. The molecule has 0 atom stereocenters. The molecule has 1 heterocycles. The van der Waals surface area contributed by atoms with Crippen LogP contribution in [0.1, 0.15) is 15.9 Å². The van der Waals surface area contributed by atoms with Crippen LogP contribution in [0.2, 0.25) is 10.0 Å². The van der Waals surface area contributed by atoms with Crippen molar-refractivity contribution in [1.29, 1.82) is 0 Å². The first-order valence-electron chi connectivity index (χ1n) is 9.27. The van der Waals surface area contributed by atoms with Gasteiger partial charge in [-0.3, -0.25) is 10.1 Å². The Bertz CT molecular complexity index is 1100. The van der Waals surface area contributed by atoms with E-state index < -0.39 is 11.9 Å². The van der Waals surface area contributed by atoms with Gasteiger partial charge < -0.3 is 14.8 Å². The van der Waals surface area contributed by atoms with Gasteiger partial charge in [-0.2, -0.15) is 0 Å². The minimum atomic E-state index is -0.707. The van der Waals surface area contributed by atoms with E-state index in [1.807, 2.05) is 12.1 Å². The third kappa shape index (κ3) is 6.06. The van der Waals surface area contributed by atoms with Gasteiger partial charge in [-0.15, -0.1) is 11.8 Å². The van der Waals surface area contributed by atoms with Crippen LogP contribution in [0.5, 0.6) is 11.5 Å². The molecule has 10 heteroatoms. The lowest BCUT2D eigenvalue weighted by atomic mass is 10.1. The van der Waals surface area contributed by atoms with Gasteiger partial charge in [0, 0.05) is 5.75 Å². The molecule has 0 radical (unpaired) electrons. The standard InChI is InChI=1S/C22H19Cl2N3O4S/c1-30-17-4-3-5-18(31-2)20(17)21(28)27-22(29)26-14-7-9-19(25-11-14)32-12-13-6-8-15(23)16(24)10-13/h3-11H,12H2,1-2H3,(H2,26,27,28,29). The molecule has 0 unspecified atom stereocenters. The van der Waals surface area contributed by atoms with Crippen molar-refractivity contribution in [2.75, 3.05) is 19.5 Å². The molecular formula is C22H19Cl2N3O4S. The molecule has 0 aliphatic heterocycles. The number of nitrogens with zero attached hydrogens (tertiary/aromatic N) is 1. The lowest BCUT2D eigenvalue weighted by molar-refractivity contribution is 0.0961. The molecule has 166 valence electrons. The zero-order valence-electron chi connectivity index (χ0n) is 17.1. The Balaban J connectivity index is 1.58. The highest BCUT2D eigenvalue weighted by Crippen LogP contribution is 2.29. The minimum Gasteiger partial charge on any atom is -0.496 e. The highest BCUT2D eigenvalue weighted by molar-refractivity contribution is 7.98. The fourth-order valence-corrected chi connectivity index (χ4v) is 3.84. The summed E-state index contributed by atoms with van der Waals surface area (Å²) in [6.07, 6.45) is 1.50. The number of thioether (sulfide) groups is 1. The summed E-state index contributed by atoms with van der Waals surface area (Å²) in [5, 5.41) is 6.61. The summed E-state index contributed by atoms with van der Waals surface area (Å²) in [6.45, 7) is 0. The number of urea groups is 1. The van der Waals surface area contributed by atoms with E-state index in [1.54, 1.807) is 36.4 Å². The van der Waals surface area contributed by atoms with Crippen molar-refractivity contribution in [3.05, 3.63) is 75.9 Å². The van der Waals surface area contributed by atoms with Gasteiger partial charge in [0.15, 0.2) is 0 Å². The van der Waals surface area contributed by atoms with Gasteiger partial charge in [0.1, 0.15) is 17.1 Å². The smallest absolute Gasteiger partial charge is 0.326 e. The molecule has 0 aliphatic carbocycles. The molecule has 3 aromatic rings. The van der Waals surface area contributed by atoms with E-state index in [-0.39, 0.29) is 5.56 Å². The van der Waals surface area contributed by atoms with Gasteiger partial charge >= 0.3 is 6.03 Å². The highest BCUT2D eigenvalue weighted by Gasteiger charge is 2.20. The summed E-state index contributed by atoms with van der Waals surface area (Å²) in [6, 6.07) is 13.1. The molecule has 3 rings (SSSR count). The Kier molecular flexibility index (Phi) is 8.21. The number of pyridine rings is 1. The fourth-order valence-electron chi connectivity index (χ4n) is 2.73. The third-order valence-corrected chi connectivity index (χ3v) is 6.00.